The van der Waals surface area contributed by atoms with Crippen LogP contribution in [0.1, 0.15) is 5.69 Å². The highest BCUT2D eigenvalue weighted by molar-refractivity contribution is 7.89. The van der Waals surface area contributed by atoms with Gasteiger partial charge in [0.2, 0.25) is 10.0 Å². The lowest BCUT2D eigenvalue weighted by atomic mass is 10.5. The zero-order valence-electron chi connectivity index (χ0n) is 9.95. The van der Waals surface area contributed by atoms with E-state index in [9.17, 15) is 8.42 Å². The fraction of sp³-hybridized carbons (Fsp3) is 0.200. The van der Waals surface area contributed by atoms with Gasteiger partial charge in [-0.25, -0.2) is 18.4 Å². The highest BCUT2D eigenvalue weighted by Gasteiger charge is 2.25. The monoisotopic (exact) mass is 318 g/mol. The molecule has 6 nitrogen and oxygen atoms in total. The second-order valence-electron chi connectivity index (χ2n) is 3.78. The van der Waals surface area contributed by atoms with Crippen molar-refractivity contribution < 1.29 is 8.42 Å². The minimum Gasteiger partial charge on any atom is -0.383 e. The lowest BCUT2D eigenvalue weighted by Crippen LogP contribution is -2.27. The van der Waals surface area contributed by atoms with Crippen molar-refractivity contribution in [2.45, 2.75) is 11.4 Å². The third-order valence-corrected chi connectivity index (χ3v) is 5.08. The van der Waals surface area contributed by atoms with Crippen molar-refractivity contribution in [2.75, 3.05) is 12.8 Å². The summed E-state index contributed by atoms with van der Waals surface area (Å²) in [5.74, 6) is -0.0745. The van der Waals surface area contributed by atoms with E-state index in [1.54, 1.807) is 10.9 Å². The van der Waals surface area contributed by atoms with Crippen LogP contribution in [0.2, 0.25) is 5.02 Å². The molecule has 0 bridgehead atoms. The Morgan fingerprint density at radius 2 is 2.21 bits per heavy atom. The Labute approximate surface area is 119 Å². The number of nitrogen functional groups attached to an aromatic ring is 1. The number of pyridine rings is 1. The van der Waals surface area contributed by atoms with Crippen LogP contribution in [-0.2, 0) is 16.6 Å². The number of rotatable bonds is 4. The largest absolute Gasteiger partial charge is 0.383 e. The molecular formula is C10H11ClN4O2S2. The van der Waals surface area contributed by atoms with Crippen LogP contribution in [-0.4, -0.2) is 29.7 Å². The quantitative estimate of drug-likeness (QED) is 0.924. The smallest absolute Gasteiger partial charge is 0.246 e. The third-order valence-electron chi connectivity index (χ3n) is 2.40. The van der Waals surface area contributed by atoms with Gasteiger partial charge >= 0.3 is 0 Å². The van der Waals surface area contributed by atoms with Crippen LogP contribution in [0.25, 0.3) is 0 Å². The molecule has 102 valence electrons. The Morgan fingerprint density at radius 3 is 2.84 bits per heavy atom. The summed E-state index contributed by atoms with van der Waals surface area (Å²) in [6.07, 6.45) is 1.30. The lowest BCUT2D eigenvalue weighted by Gasteiger charge is -2.17. The average Bonchev–Trinajstić information content (AvgIpc) is 2.85. The Kier molecular flexibility index (Phi) is 4.04. The molecule has 0 atom stereocenters. The molecule has 0 saturated carbocycles. The minimum absolute atomic E-state index is 0.0745. The van der Waals surface area contributed by atoms with Crippen LogP contribution in [0.4, 0.5) is 5.82 Å². The van der Waals surface area contributed by atoms with E-state index in [4.69, 9.17) is 17.3 Å². The van der Waals surface area contributed by atoms with E-state index >= 15 is 0 Å². The summed E-state index contributed by atoms with van der Waals surface area (Å²) in [4.78, 5) is 7.69. The van der Waals surface area contributed by atoms with Crippen molar-refractivity contribution >= 4 is 38.8 Å². The van der Waals surface area contributed by atoms with E-state index in [-0.39, 0.29) is 22.3 Å². The molecule has 0 aliphatic carbocycles. The van der Waals surface area contributed by atoms with Crippen molar-refractivity contribution in [3.8, 4) is 0 Å². The van der Waals surface area contributed by atoms with Gasteiger partial charge in [-0.05, 0) is 6.07 Å². The van der Waals surface area contributed by atoms with Crippen molar-refractivity contribution in [2.24, 2.45) is 0 Å². The van der Waals surface area contributed by atoms with Crippen molar-refractivity contribution in [3.63, 3.8) is 0 Å². The van der Waals surface area contributed by atoms with Crippen LogP contribution in [0, 0.1) is 0 Å². The molecule has 0 amide bonds. The van der Waals surface area contributed by atoms with Gasteiger partial charge < -0.3 is 5.73 Å². The highest BCUT2D eigenvalue weighted by atomic mass is 35.5. The lowest BCUT2D eigenvalue weighted by molar-refractivity contribution is 0.463. The second-order valence-corrected chi connectivity index (χ2v) is 6.95. The van der Waals surface area contributed by atoms with Gasteiger partial charge in [0.25, 0.3) is 0 Å². The molecule has 2 aromatic rings. The van der Waals surface area contributed by atoms with E-state index in [1.165, 1.54) is 30.6 Å². The first-order valence-electron chi connectivity index (χ1n) is 5.15. The topological polar surface area (TPSA) is 89.2 Å². The van der Waals surface area contributed by atoms with Crippen molar-refractivity contribution in [3.05, 3.63) is 33.9 Å². The van der Waals surface area contributed by atoms with Gasteiger partial charge in [-0.15, -0.1) is 11.3 Å². The number of hydrogen-bond acceptors (Lipinski definition) is 6. The van der Waals surface area contributed by atoms with E-state index in [2.05, 4.69) is 9.97 Å². The molecular weight excluding hydrogens is 308 g/mol. The van der Waals surface area contributed by atoms with Gasteiger partial charge in [0.15, 0.2) is 0 Å². The fourth-order valence-corrected chi connectivity index (χ4v) is 3.44. The SMILES string of the molecule is CN(Cc1cscn1)S(=O)(=O)c1cc(Cl)cnc1N. The summed E-state index contributed by atoms with van der Waals surface area (Å²) in [5, 5.41) is 2.00. The highest BCUT2D eigenvalue weighted by Crippen LogP contribution is 2.24. The predicted octanol–water partition coefficient (Wildman–Crippen LogP) is 1.59. The summed E-state index contributed by atoms with van der Waals surface area (Å²) in [7, 11) is -2.29. The Morgan fingerprint density at radius 1 is 1.47 bits per heavy atom. The first-order chi connectivity index (χ1) is 8.91. The number of hydrogen-bond donors (Lipinski definition) is 1. The van der Waals surface area contributed by atoms with Crippen LogP contribution >= 0.6 is 22.9 Å². The predicted molar refractivity (Wildman–Crippen MR) is 74.4 cm³/mol. The molecule has 0 fully saturated rings. The van der Waals surface area contributed by atoms with Crippen LogP contribution in [0.3, 0.4) is 0 Å². The van der Waals surface area contributed by atoms with Gasteiger partial charge in [0.05, 0.1) is 22.8 Å². The number of anilines is 1. The van der Waals surface area contributed by atoms with Gasteiger partial charge in [0, 0.05) is 18.6 Å². The zero-order chi connectivity index (χ0) is 14.0. The third kappa shape index (κ3) is 3.03. The summed E-state index contributed by atoms with van der Waals surface area (Å²) in [6, 6.07) is 1.29. The van der Waals surface area contributed by atoms with Gasteiger partial charge in [0.1, 0.15) is 10.7 Å². The number of sulfonamides is 1. The summed E-state index contributed by atoms with van der Waals surface area (Å²) in [5.41, 5.74) is 7.91. The number of halogens is 1. The van der Waals surface area contributed by atoms with Crippen LogP contribution in [0.5, 0.6) is 0 Å². The van der Waals surface area contributed by atoms with Crippen molar-refractivity contribution in [1.29, 1.82) is 0 Å². The van der Waals surface area contributed by atoms with E-state index in [0.717, 1.165) is 4.31 Å². The second kappa shape index (κ2) is 5.41. The van der Waals surface area contributed by atoms with Crippen LogP contribution < -0.4 is 5.73 Å². The summed E-state index contributed by atoms with van der Waals surface area (Å²) >= 11 is 7.16. The molecule has 9 heteroatoms. The van der Waals surface area contributed by atoms with E-state index < -0.39 is 10.0 Å². The molecule has 0 spiro atoms. The maximum atomic E-state index is 12.4. The first kappa shape index (κ1) is 14.2. The van der Waals surface area contributed by atoms with E-state index in [1.807, 2.05) is 0 Å². The van der Waals surface area contributed by atoms with Gasteiger partial charge in [-0.3, -0.25) is 0 Å². The standard InChI is InChI=1S/C10H11ClN4O2S2/c1-15(4-8-5-18-6-14-8)19(16,17)9-2-7(11)3-13-10(9)12/h2-3,5-6H,4H2,1H3,(H2,12,13). The molecule has 2 rings (SSSR count). The number of nitrogens with two attached hydrogens (primary N) is 1. The number of thiazole rings is 1. The van der Waals surface area contributed by atoms with Crippen molar-refractivity contribution in [1.82, 2.24) is 14.3 Å². The average molecular weight is 319 g/mol. The maximum absolute atomic E-state index is 12.4. The maximum Gasteiger partial charge on any atom is 0.246 e. The van der Waals surface area contributed by atoms with Crippen LogP contribution in [0.15, 0.2) is 28.0 Å². The summed E-state index contributed by atoms with van der Waals surface area (Å²) in [6.45, 7) is 0.164. The normalized spacial score (nSPS) is 11.9. The number of nitrogens with zero attached hydrogens (tertiary/aromatic N) is 3. The van der Waals surface area contributed by atoms with Gasteiger partial charge in [-0.1, -0.05) is 11.6 Å². The van der Waals surface area contributed by atoms with E-state index in [0.29, 0.717) is 5.69 Å². The minimum atomic E-state index is -3.74. The summed E-state index contributed by atoms with van der Waals surface area (Å²) < 4.78 is 25.9. The Bertz CT molecular complexity index is 673. The molecule has 0 saturated heterocycles. The number of aromatic nitrogens is 2. The fourth-order valence-electron chi connectivity index (χ4n) is 1.43. The van der Waals surface area contributed by atoms with Gasteiger partial charge in [-0.2, -0.15) is 4.31 Å². The molecule has 2 heterocycles. The molecule has 0 aromatic carbocycles. The molecule has 0 aliphatic rings. The first-order valence-corrected chi connectivity index (χ1v) is 7.92. The molecule has 2 N–H and O–H groups in total. The molecule has 19 heavy (non-hydrogen) atoms. The molecule has 0 aliphatic heterocycles. The Hall–Kier alpha value is -1.22. The zero-order valence-corrected chi connectivity index (χ0v) is 12.3. The Balaban J connectivity index is 2.33. The molecule has 2 aromatic heterocycles. The molecule has 0 unspecified atom stereocenters. The molecule has 0 radical (unpaired) electrons.